The standard InChI is InChI=1S/C20H23ClN2O4/c1-4-5-6-19(24)23-16-8-7-15(11-17(16)26-2)22-12-13-9-14(21)10-18(27-3)20(13)25/h7-12,25H,4-6H2,1-3H3,(H,23,24). The van der Waals surface area contributed by atoms with Gasteiger partial charge in [-0.15, -0.1) is 0 Å². The van der Waals surface area contributed by atoms with E-state index in [2.05, 4.69) is 10.3 Å². The van der Waals surface area contributed by atoms with E-state index in [1.807, 2.05) is 6.92 Å². The minimum atomic E-state index is -0.0534. The molecule has 7 heteroatoms. The third kappa shape index (κ3) is 5.62. The number of ether oxygens (including phenoxy) is 2. The zero-order chi connectivity index (χ0) is 19.8. The van der Waals surface area contributed by atoms with Crippen LogP contribution in [0.4, 0.5) is 11.4 Å². The molecule has 1 amide bonds. The molecule has 0 atom stereocenters. The number of phenolic OH excluding ortho intramolecular Hbond substituents is 1. The van der Waals surface area contributed by atoms with Gasteiger partial charge in [-0.05, 0) is 24.6 Å². The smallest absolute Gasteiger partial charge is 0.224 e. The topological polar surface area (TPSA) is 80.2 Å². The summed E-state index contributed by atoms with van der Waals surface area (Å²) in [5.74, 6) is 0.675. The van der Waals surface area contributed by atoms with Gasteiger partial charge in [0.2, 0.25) is 5.91 Å². The van der Waals surface area contributed by atoms with Crippen LogP contribution < -0.4 is 14.8 Å². The van der Waals surface area contributed by atoms with Crippen LogP contribution in [0.1, 0.15) is 31.7 Å². The number of unbranched alkanes of at least 4 members (excludes halogenated alkanes) is 1. The number of hydrogen-bond acceptors (Lipinski definition) is 5. The summed E-state index contributed by atoms with van der Waals surface area (Å²) in [7, 11) is 2.98. The molecule has 0 aliphatic heterocycles. The molecular weight excluding hydrogens is 368 g/mol. The normalized spacial score (nSPS) is 10.8. The fourth-order valence-electron chi connectivity index (χ4n) is 2.41. The summed E-state index contributed by atoms with van der Waals surface area (Å²) in [6, 6.07) is 8.28. The van der Waals surface area contributed by atoms with Crippen LogP contribution in [0.2, 0.25) is 5.02 Å². The first-order valence-corrected chi connectivity index (χ1v) is 8.94. The number of rotatable bonds is 8. The van der Waals surface area contributed by atoms with Crippen LogP contribution in [0.3, 0.4) is 0 Å². The van der Waals surface area contributed by atoms with E-state index in [1.165, 1.54) is 26.5 Å². The highest BCUT2D eigenvalue weighted by Crippen LogP contribution is 2.33. The van der Waals surface area contributed by atoms with Crippen molar-refractivity contribution in [3.05, 3.63) is 40.9 Å². The van der Waals surface area contributed by atoms with Gasteiger partial charge in [0.15, 0.2) is 11.5 Å². The maximum absolute atomic E-state index is 11.9. The third-order valence-corrected chi connectivity index (χ3v) is 4.08. The summed E-state index contributed by atoms with van der Waals surface area (Å²) >= 11 is 6.02. The van der Waals surface area contributed by atoms with Crippen molar-refractivity contribution >= 4 is 35.1 Å². The molecule has 0 fully saturated rings. The maximum Gasteiger partial charge on any atom is 0.224 e. The lowest BCUT2D eigenvalue weighted by Crippen LogP contribution is -2.11. The second kappa shape index (κ2) is 9.83. The number of nitrogens with zero attached hydrogens (tertiary/aromatic N) is 1. The summed E-state index contributed by atoms with van der Waals surface area (Å²) < 4.78 is 10.4. The Morgan fingerprint density at radius 2 is 1.96 bits per heavy atom. The number of aromatic hydroxyl groups is 1. The largest absolute Gasteiger partial charge is 0.504 e. The number of nitrogens with one attached hydrogen (secondary N) is 1. The van der Waals surface area contributed by atoms with Crippen LogP contribution in [0.25, 0.3) is 0 Å². The van der Waals surface area contributed by atoms with E-state index < -0.39 is 0 Å². The molecule has 27 heavy (non-hydrogen) atoms. The Morgan fingerprint density at radius 1 is 1.22 bits per heavy atom. The number of phenols is 1. The highest BCUT2D eigenvalue weighted by Gasteiger charge is 2.10. The quantitative estimate of drug-likeness (QED) is 0.625. The molecule has 0 unspecified atom stereocenters. The van der Waals surface area contributed by atoms with E-state index in [0.29, 0.717) is 34.1 Å². The second-order valence-electron chi connectivity index (χ2n) is 5.84. The van der Waals surface area contributed by atoms with Crippen LogP contribution in [0.15, 0.2) is 35.3 Å². The average molecular weight is 391 g/mol. The highest BCUT2D eigenvalue weighted by molar-refractivity contribution is 6.31. The predicted octanol–water partition coefficient (Wildman–Crippen LogP) is 4.94. The lowest BCUT2D eigenvalue weighted by molar-refractivity contribution is -0.116. The van der Waals surface area contributed by atoms with Gasteiger partial charge in [0.05, 0.1) is 25.6 Å². The van der Waals surface area contributed by atoms with E-state index in [0.717, 1.165) is 12.8 Å². The molecule has 0 radical (unpaired) electrons. The van der Waals surface area contributed by atoms with Crippen molar-refractivity contribution in [2.45, 2.75) is 26.2 Å². The monoisotopic (exact) mass is 390 g/mol. The van der Waals surface area contributed by atoms with Crippen LogP contribution in [-0.4, -0.2) is 31.4 Å². The van der Waals surface area contributed by atoms with Gasteiger partial charge >= 0.3 is 0 Å². The lowest BCUT2D eigenvalue weighted by Gasteiger charge is -2.11. The first-order chi connectivity index (χ1) is 13.0. The summed E-state index contributed by atoms with van der Waals surface area (Å²) in [5, 5.41) is 13.4. The molecule has 0 aromatic heterocycles. The fraction of sp³-hybridized carbons (Fsp3) is 0.300. The molecule has 0 bridgehead atoms. The average Bonchev–Trinajstić information content (AvgIpc) is 2.67. The highest BCUT2D eigenvalue weighted by atomic mass is 35.5. The number of halogens is 1. The zero-order valence-corrected chi connectivity index (χ0v) is 16.3. The van der Waals surface area contributed by atoms with E-state index in [-0.39, 0.29) is 17.4 Å². The number of carbonyl (C=O) groups excluding carboxylic acids is 1. The van der Waals surface area contributed by atoms with E-state index in [4.69, 9.17) is 21.1 Å². The lowest BCUT2D eigenvalue weighted by atomic mass is 10.2. The Balaban J connectivity index is 2.22. The third-order valence-electron chi connectivity index (χ3n) is 3.86. The van der Waals surface area contributed by atoms with Gasteiger partial charge in [-0.2, -0.15) is 0 Å². The summed E-state index contributed by atoms with van der Waals surface area (Å²) in [4.78, 5) is 16.3. The minimum Gasteiger partial charge on any atom is -0.504 e. The van der Waals surface area contributed by atoms with Gasteiger partial charge in [0.25, 0.3) is 0 Å². The van der Waals surface area contributed by atoms with E-state index in [1.54, 1.807) is 24.3 Å². The molecule has 0 saturated carbocycles. The summed E-state index contributed by atoms with van der Waals surface area (Å²) in [6.07, 6.45) is 3.75. The Labute approximate surface area is 163 Å². The Kier molecular flexibility index (Phi) is 7.49. The van der Waals surface area contributed by atoms with Gasteiger partial charge in [-0.25, -0.2) is 0 Å². The van der Waals surface area contributed by atoms with Crippen LogP contribution in [0.5, 0.6) is 17.2 Å². The Morgan fingerprint density at radius 3 is 2.63 bits per heavy atom. The van der Waals surface area contributed by atoms with Crippen molar-refractivity contribution in [3.8, 4) is 17.2 Å². The molecular formula is C20H23ClN2O4. The molecule has 2 aromatic carbocycles. The van der Waals surface area contributed by atoms with Crippen LogP contribution in [0, 0.1) is 0 Å². The molecule has 0 spiro atoms. The fourth-order valence-corrected chi connectivity index (χ4v) is 2.62. The molecule has 2 rings (SSSR count). The first-order valence-electron chi connectivity index (χ1n) is 8.57. The van der Waals surface area contributed by atoms with Gasteiger partial charge in [-0.1, -0.05) is 24.9 Å². The molecule has 0 saturated heterocycles. The minimum absolute atomic E-state index is 0.0441. The number of hydrogen-bond donors (Lipinski definition) is 2. The summed E-state index contributed by atoms with van der Waals surface area (Å²) in [6.45, 7) is 2.04. The number of amides is 1. The molecule has 6 nitrogen and oxygen atoms in total. The van der Waals surface area contributed by atoms with Crippen molar-refractivity contribution < 1.29 is 19.4 Å². The molecule has 0 aliphatic carbocycles. The number of carbonyl (C=O) groups is 1. The van der Waals surface area contributed by atoms with E-state index >= 15 is 0 Å². The van der Waals surface area contributed by atoms with Gasteiger partial charge in [0.1, 0.15) is 5.75 Å². The van der Waals surface area contributed by atoms with Crippen molar-refractivity contribution in [2.75, 3.05) is 19.5 Å². The first kappa shape index (κ1) is 20.6. The van der Waals surface area contributed by atoms with Gasteiger partial charge in [0, 0.05) is 35.4 Å². The molecule has 2 N–H and O–H groups in total. The molecule has 0 aliphatic rings. The second-order valence-corrected chi connectivity index (χ2v) is 6.28. The van der Waals surface area contributed by atoms with Crippen LogP contribution >= 0.6 is 11.6 Å². The molecule has 2 aromatic rings. The van der Waals surface area contributed by atoms with E-state index in [9.17, 15) is 9.90 Å². The van der Waals surface area contributed by atoms with Gasteiger partial charge < -0.3 is 19.9 Å². The predicted molar refractivity (Wildman–Crippen MR) is 108 cm³/mol. The molecule has 144 valence electrons. The van der Waals surface area contributed by atoms with Gasteiger partial charge in [-0.3, -0.25) is 9.79 Å². The van der Waals surface area contributed by atoms with Crippen molar-refractivity contribution in [1.82, 2.24) is 0 Å². The zero-order valence-electron chi connectivity index (χ0n) is 15.6. The Hall–Kier alpha value is -2.73. The number of anilines is 1. The van der Waals surface area contributed by atoms with Crippen LogP contribution in [-0.2, 0) is 4.79 Å². The summed E-state index contributed by atoms with van der Waals surface area (Å²) in [5.41, 5.74) is 1.61. The number of methoxy groups -OCH3 is 2. The maximum atomic E-state index is 11.9. The van der Waals surface area contributed by atoms with Crippen molar-refractivity contribution in [3.63, 3.8) is 0 Å². The number of aliphatic imine (C=N–C) groups is 1. The Bertz CT molecular complexity index is 837. The molecule has 0 heterocycles. The van der Waals surface area contributed by atoms with Crippen molar-refractivity contribution in [1.29, 1.82) is 0 Å². The SMILES string of the molecule is CCCCC(=O)Nc1ccc(N=Cc2cc(Cl)cc(OC)c2O)cc1OC. The van der Waals surface area contributed by atoms with Crippen molar-refractivity contribution in [2.24, 2.45) is 4.99 Å². The number of benzene rings is 2.